The molecule has 8 nitrogen and oxygen atoms in total. The van der Waals surface area contributed by atoms with Crippen molar-refractivity contribution in [3.8, 4) is 5.69 Å². The molecule has 0 spiro atoms. The number of hydrogen-bond donors (Lipinski definition) is 1. The zero-order chi connectivity index (χ0) is 21.2. The van der Waals surface area contributed by atoms with Crippen molar-refractivity contribution in [2.75, 3.05) is 11.3 Å². The Morgan fingerprint density at radius 2 is 1.94 bits per heavy atom. The van der Waals surface area contributed by atoms with Crippen molar-refractivity contribution < 1.29 is 13.2 Å². The molecule has 2 aliphatic heterocycles. The van der Waals surface area contributed by atoms with Crippen LogP contribution in [0.2, 0.25) is 0 Å². The minimum Gasteiger partial charge on any atom is -0.335 e. The molecule has 2 aromatic carbocycles. The molecule has 1 aliphatic carbocycles. The standard InChI is InChI=1S/C22H21N5O3S/c28-21(26-12-17(14-5-2-1-3-6-14)16-7-4-8-18(16)26)15-9-10-19-20(11-15)31(29,30)25-22-23-13-24-27(19)22/h1-3,5-6,9-11,13,16-18H,4,7-8,12H2,(H,23,24,25). The van der Waals surface area contributed by atoms with Crippen molar-refractivity contribution in [3.63, 3.8) is 0 Å². The Kier molecular flexibility index (Phi) is 3.98. The van der Waals surface area contributed by atoms with Gasteiger partial charge >= 0.3 is 0 Å². The maximum Gasteiger partial charge on any atom is 0.266 e. The quantitative estimate of drug-likeness (QED) is 0.668. The first kappa shape index (κ1) is 18.6. The molecule has 0 radical (unpaired) electrons. The lowest BCUT2D eigenvalue weighted by molar-refractivity contribution is 0.0728. The van der Waals surface area contributed by atoms with Gasteiger partial charge in [0, 0.05) is 24.1 Å². The van der Waals surface area contributed by atoms with Crippen molar-refractivity contribution in [3.05, 3.63) is 66.0 Å². The number of carbonyl (C=O) groups excluding carboxylic acids is 1. The largest absolute Gasteiger partial charge is 0.335 e. The molecule has 158 valence electrons. The smallest absolute Gasteiger partial charge is 0.266 e. The number of likely N-dealkylation sites (tertiary alicyclic amines) is 1. The average Bonchev–Trinajstić information content (AvgIpc) is 3.50. The summed E-state index contributed by atoms with van der Waals surface area (Å²) in [5.74, 6) is 0.800. The molecule has 3 atom stereocenters. The molecule has 1 N–H and O–H groups in total. The van der Waals surface area contributed by atoms with Gasteiger partial charge in [0.25, 0.3) is 15.9 Å². The van der Waals surface area contributed by atoms with Crippen molar-refractivity contribution in [1.29, 1.82) is 0 Å². The van der Waals surface area contributed by atoms with E-state index >= 15 is 0 Å². The average molecular weight is 436 g/mol. The van der Waals surface area contributed by atoms with Crippen LogP contribution in [0, 0.1) is 5.92 Å². The third-order valence-electron chi connectivity index (χ3n) is 6.83. The fourth-order valence-electron chi connectivity index (χ4n) is 5.46. The van der Waals surface area contributed by atoms with Crippen LogP contribution in [0.15, 0.2) is 59.8 Å². The van der Waals surface area contributed by atoms with Gasteiger partial charge < -0.3 is 4.90 Å². The minimum atomic E-state index is -3.82. The monoisotopic (exact) mass is 435 g/mol. The number of benzene rings is 2. The number of amides is 1. The van der Waals surface area contributed by atoms with Crippen molar-refractivity contribution in [1.82, 2.24) is 19.7 Å². The van der Waals surface area contributed by atoms with Crippen LogP contribution >= 0.6 is 0 Å². The number of nitrogens with one attached hydrogen (secondary N) is 1. The van der Waals surface area contributed by atoms with Gasteiger partial charge in [-0.1, -0.05) is 36.8 Å². The topological polar surface area (TPSA) is 97.2 Å². The SMILES string of the molecule is O=C(c1ccc2c(c1)S(=O)(=O)Nc1ncnn1-2)N1CC(c2ccccc2)C2CCCC21. The number of anilines is 1. The van der Waals surface area contributed by atoms with Gasteiger partial charge in [0.15, 0.2) is 0 Å². The Labute approximate surface area is 180 Å². The maximum atomic E-state index is 13.5. The fraction of sp³-hybridized carbons (Fsp3) is 0.318. The van der Waals surface area contributed by atoms with Crippen molar-refractivity contribution in [2.24, 2.45) is 5.92 Å². The van der Waals surface area contributed by atoms with Crippen LogP contribution in [-0.2, 0) is 10.0 Å². The van der Waals surface area contributed by atoms with Gasteiger partial charge in [-0.2, -0.15) is 14.8 Å². The molecule has 3 heterocycles. The lowest BCUT2D eigenvalue weighted by Gasteiger charge is -2.25. The summed E-state index contributed by atoms with van der Waals surface area (Å²) < 4.78 is 29.3. The van der Waals surface area contributed by atoms with E-state index in [9.17, 15) is 13.2 Å². The van der Waals surface area contributed by atoms with Gasteiger partial charge in [-0.3, -0.25) is 4.79 Å². The summed E-state index contributed by atoms with van der Waals surface area (Å²) in [6.45, 7) is 0.660. The summed E-state index contributed by atoms with van der Waals surface area (Å²) in [7, 11) is -3.82. The third kappa shape index (κ3) is 2.79. The van der Waals surface area contributed by atoms with E-state index in [4.69, 9.17) is 0 Å². The third-order valence-corrected chi connectivity index (χ3v) is 8.19. The molecule has 0 bridgehead atoms. The molecule has 6 rings (SSSR count). The van der Waals surface area contributed by atoms with E-state index in [1.165, 1.54) is 22.6 Å². The summed E-state index contributed by atoms with van der Waals surface area (Å²) in [4.78, 5) is 19.5. The summed E-state index contributed by atoms with van der Waals surface area (Å²) >= 11 is 0. The number of fused-ring (bicyclic) bond motifs is 4. The van der Waals surface area contributed by atoms with E-state index in [0.29, 0.717) is 29.6 Å². The highest BCUT2D eigenvalue weighted by molar-refractivity contribution is 7.93. The van der Waals surface area contributed by atoms with Crippen LogP contribution in [-0.4, -0.2) is 46.6 Å². The van der Waals surface area contributed by atoms with Crippen LogP contribution in [0.5, 0.6) is 0 Å². The van der Waals surface area contributed by atoms with E-state index in [2.05, 4.69) is 26.9 Å². The Morgan fingerprint density at radius 1 is 1.10 bits per heavy atom. The molecule has 3 aliphatic rings. The van der Waals surface area contributed by atoms with Gasteiger partial charge in [-0.15, -0.1) is 0 Å². The van der Waals surface area contributed by atoms with Gasteiger partial charge in [0.2, 0.25) is 5.95 Å². The molecule has 3 unspecified atom stereocenters. The van der Waals surface area contributed by atoms with E-state index < -0.39 is 10.0 Å². The lowest BCUT2D eigenvalue weighted by atomic mass is 9.87. The number of sulfonamides is 1. The Morgan fingerprint density at radius 3 is 2.77 bits per heavy atom. The summed E-state index contributed by atoms with van der Waals surface area (Å²) in [5.41, 5.74) is 2.04. The van der Waals surface area contributed by atoms with Gasteiger partial charge in [0.1, 0.15) is 11.2 Å². The number of rotatable bonds is 2. The number of nitrogens with zero attached hydrogens (tertiary/aromatic N) is 4. The van der Waals surface area contributed by atoms with Crippen LogP contribution in [0.1, 0.15) is 41.1 Å². The molecule has 31 heavy (non-hydrogen) atoms. The van der Waals surface area contributed by atoms with Crippen LogP contribution < -0.4 is 4.72 Å². The van der Waals surface area contributed by atoms with E-state index in [1.807, 2.05) is 23.1 Å². The number of carbonyl (C=O) groups is 1. The predicted molar refractivity (Wildman–Crippen MR) is 114 cm³/mol. The molecule has 1 amide bonds. The van der Waals surface area contributed by atoms with Crippen LogP contribution in [0.4, 0.5) is 5.95 Å². The first-order valence-electron chi connectivity index (χ1n) is 10.5. The number of hydrogen-bond acceptors (Lipinski definition) is 5. The molecule has 9 heteroatoms. The highest BCUT2D eigenvalue weighted by Crippen LogP contribution is 2.46. The van der Waals surface area contributed by atoms with Crippen molar-refractivity contribution >= 4 is 21.9 Å². The molecule has 1 aromatic heterocycles. The first-order valence-corrected chi connectivity index (χ1v) is 11.9. The second-order valence-corrected chi connectivity index (χ2v) is 10.1. The molecule has 3 aromatic rings. The van der Waals surface area contributed by atoms with E-state index in [1.54, 1.807) is 12.1 Å². The molecular formula is C22H21N5O3S. The maximum absolute atomic E-state index is 13.5. The normalized spacial score (nSPS) is 25.4. The molecule has 1 saturated heterocycles. The van der Waals surface area contributed by atoms with Crippen LogP contribution in [0.25, 0.3) is 5.69 Å². The predicted octanol–water partition coefficient (Wildman–Crippen LogP) is 2.79. The summed E-state index contributed by atoms with van der Waals surface area (Å²) in [6.07, 6.45) is 4.51. The Balaban J connectivity index is 1.37. The first-order chi connectivity index (χ1) is 15.0. The zero-order valence-electron chi connectivity index (χ0n) is 16.7. The molecule has 1 saturated carbocycles. The highest BCUT2D eigenvalue weighted by Gasteiger charge is 2.47. The van der Waals surface area contributed by atoms with Crippen molar-refractivity contribution in [2.45, 2.75) is 36.1 Å². The van der Waals surface area contributed by atoms with Gasteiger partial charge in [-0.25, -0.2) is 13.1 Å². The minimum absolute atomic E-state index is 0.0399. The molecular weight excluding hydrogens is 414 g/mol. The second kappa shape index (κ2) is 6.65. The highest BCUT2D eigenvalue weighted by atomic mass is 32.2. The molecule has 2 fully saturated rings. The summed E-state index contributed by atoms with van der Waals surface area (Å²) in [5, 5.41) is 4.09. The lowest BCUT2D eigenvalue weighted by Crippen LogP contribution is -2.36. The Bertz CT molecular complexity index is 1290. The van der Waals surface area contributed by atoms with E-state index in [-0.39, 0.29) is 22.8 Å². The zero-order valence-corrected chi connectivity index (χ0v) is 17.5. The fourth-order valence-corrected chi connectivity index (χ4v) is 6.66. The number of aromatic nitrogens is 3. The summed E-state index contributed by atoms with van der Waals surface area (Å²) in [6, 6.07) is 15.4. The second-order valence-electron chi connectivity index (χ2n) is 8.42. The van der Waals surface area contributed by atoms with E-state index in [0.717, 1.165) is 19.3 Å². The Hall–Kier alpha value is -3.20. The van der Waals surface area contributed by atoms with Gasteiger partial charge in [-0.05, 0) is 42.5 Å². The van der Waals surface area contributed by atoms with Gasteiger partial charge in [0.05, 0.1) is 5.69 Å². The van der Waals surface area contributed by atoms with Crippen LogP contribution in [0.3, 0.4) is 0 Å².